The lowest BCUT2D eigenvalue weighted by molar-refractivity contribution is -0.140. The van der Waals surface area contributed by atoms with Gasteiger partial charge in [-0.1, -0.05) is 42.8 Å². The summed E-state index contributed by atoms with van der Waals surface area (Å²) in [6.45, 7) is 8.91. The van der Waals surface area contributed by atoms with Crippen molar-refractivity contribution in [2.45, 2.75) is 59.7 Å². The fourth-order valence-corrected chi connectivity index (χ4v) is 4.69. The molecule has 1 atom stereocenters. The van der Waals surface area contributed by atoms with Crippen LogP contribution in [0.2, 0.25) is 5.02 Å². The Morgan fingerprint density at radius 3 is 2.21 bits per heavy atom. The molecule has 7 nitrogen and oxygen atoms in total. The zero-order chi connectivity index (χ0) is 25.6. The van der Waals surface area contributed by atoms with E-state index in [-0.39, 0.29) is 18.5 Å². The average Bonchev–Trinajstić information content (AvgIpc) is 2.73. The number of anilines is 1. The van der Waals surface area contributed by atoms with Crippen molar-refractivity contribution in [3.05, 3.63) is 64.2 Å². The second-order valence-corrected chi connectivity index (χ2v) is 11.1. The summed E-state index contributed by atoms with van der Waals surface area (Å²) < 4.78 is 26.6. The van der Waals surface area contributed by atoms with Gasteiger partial charge in [-0.25, -0.2) is 8.42 Å². The highest BCUT2D eigenvalue weighted by atomic mass is 35.5. The molecule has 0 aliphatic rings. The van der Waals surface area contributed by atoms with E-state index in [2.05, 4.69) is 5.32 Å². The van der Waals surface area contributed by atoms with Crippen LogP contribution in [0, 0.1) is 13.8 Å². The highest BCUT2D eigenvalue weighted by Gasteiger charge is 2.32. The van der Waals surface area contributed by atoms with Crippen LogP contribution < -0.4 is 9.62 Å². The lowest BCUT2D eigenvalue weighted by atomic mass is 10.1. The van der Waals surface area contributed by atoms with Crippen molar-refractivity contribution in [3.8, 4) is 0 Å². The molecule has 0 spiro atoms. The quantitative estimate of drug-likeness (QED) is 0.525. The molecule has 0 fully saturated rings. The molecule has 1 unspecified atom stereocenters. The number of carbonyl (C=O) groups is 2. The van der Waals surface area contributed by atoms with E-state index in [0.717, 1.165) is 27.3 Å². The third-order valence-corrected chi connectivity index (χ3v) is 6.77. The van der Waals surface area contributed by atoms with Crippen LogP contribution in [0.15, 0.2) is 42.5 Å². The summed E-state index contributed by atoms with van der Waals surface area (Å²) in [5, 5.41) is 3.43. The largest absolute Gasteiger partial charge is 0.352 e. The lowest BCUT2D eigenvalue weighted by Gasteiger charge is -2.33. The number of sulfonamides is 1. The molecule has 2 aromatic carbocycles. The molecule has 34 heavy (non-hydrogen) atoms. The Hall–Kier alpha value is -2.58. The second kappa shape index (κ2) is 11.7. The van der Waals surface area contributed by atoms with Crippen LogP contribution in [0.25, 0.3) is 0 Å². The van der Waals surface area contributed by atoms with Gasteiger partial charge in [-0.3, -0.25) is 13.9 Å². The number of hydrogen-bond donors (Lipinski definition) is 1. The van der Waals surface area contributed by atoms with E-state index in [4.69, 9.17) is 11.6 Å². The zero-order valence-electron chi connectivity index (χ0n) is 20.6. The van der Waals surface area contributed by atoms with Gasteiger partial charge in [0, 0.05) is 17.6 Å². The first kappa shape index (κ1) is 27.7. The highest BCUT2D eigenvalue weighted by molar-refractivity contribution is 7.92. The number of halogens is 1. The molecular weight excluding hydrogens is 474 g/mol. The Morgan fingerprint density at radius 2 is 1.68 bits per heavy atom. The Balaban J connectivity index is 2.48. The number of nitrogens with one attached hydrogen (secondary N) is 1. The minimum atomic E-state index is -3.77. The van der Waals surface area contributed by atoms with Crippen molar-refractivity contribution in [1.82, 2.24) is 10.2 Å². The van der Waals surface area contributed by atoms with Gasteiger partial charge in [-0.2, -0.15) is 0 Å². The Labute approximate surface area is 208 Å². The molecule has 2 rings (SSSR count). The molecule has 0 aromatic heterocycles. The van der Waals surface area contributed by atoms with Gasteiger partial charge in [0.15, 0.2) is 0 Å². The minimum Gasteiger partial charge on any atom is -0.352 e. The predicted molar refractivity (Wildman–Crippen MR) is 137 cm³/mol. The summed E-state index contributed by atoms with van der Waals surface area (Å²) in [7, 11) is -3.77. The summed E-state index contributed by atoms with van der Waals surface area (Å²) in [6, 6.07) is 11.6. The normalized spacial score (nSPS) is 12.4. The first-order valence-electron chi connectivity index (χ1n) is 11.2. The Morgan fingerprint density at radius 1 is 1.06 bits per heavy atom. The monoisotopic (exact) mass is 507 g/mol. The molecule has 186 valence electrons. The molecule has 9 heteroatoms. The third kappa shape index (κ3) is 7.46. The fourth-order valence-electron chi connectivity index (χ4n) is 3.67. The van der Waals surface area contributed by atoms with Gasteiger partial charge in [0.25, 0.3) is 0 Å². The molecule has 0 aliphatic heterocycles. The van der Waals surface area contributed by atoms with E-state index in [1.807, 2.05) is 39.8 Å². The van der Waals surface area contributed by atoms with Crippen LogP contribution in [0.5, 0.6) is 0 Å². The van der Waals surface area contributed by atoms with E-state index in [0.29, 0.717) is 17.1 Å². The van der Waals surface area contributed by atoms with Crippen LogP contribution in [-0.2, 0) is 26.2 Å². The van der Waals surface area contributed by atoms with Gasteiger partial charge in [0.05, 0.1) is 11.9 Å². The second-order valence-electron chi connectivity index (χ2n) is 8.80. The zero-order valence-corrected chi connectivity index (χ0v) is 22.2. The SMILES string of the molecule is CCC(C(=O)NC(C)C)N(Cc1ccc(Cl)cc1)C(=O)CN(c1cc(C)ccc1C)S(C)(=O)=O. The number of nitrogens with zero attached hydrogens (tertiary/aromatic N) is 2. The standard InChI is InChI=1S/C25H34ClN3O4S/c1-7-22(25(31)27-17(2)3)28(15-20-10-12-21(26)13-11-20)24(30)16-29(34(6,32)33)23-14-18(4)8-9-19(23)5/h8-14,17,22H,7,15-16H2,1-6H3,(H,27,31). The van der Waals surface area contributed by atoms with Crippen molar-refractivity contribution in [2.75, 3.05) is 17.1 Å². The van der Waals surface area contributed by atoms with Crippen molar-refractivity contribution in [3.63, 3.8) is 0 Å². The Kier molecular flexibility index (Phi) is 9.53. The van der Waals surface area contributed by atoms with Gasteiger partial charge in [-0.05, 0) is 69.0 Å². The molecule has 0 saturated heterocycles. The number of benzene rings is 2. The molecule has 0 heterocycles. The number of aryl methyl sites for hydroxylation is 2. The molecule has 0 radical (unpaired) electrons. The summed E-state index contributed by atoms with van der Waals surface area (Å²) in [6.07, 6.45) is 1.45. The number of amides is 2. The highest BCUT2D eigenvalue weighted by Crippen LogP contribution is 2.25. The summed E-state index contributed by atoms with van der Waals surface area (Å²) in [5.41, 5.74) is 2.84. The van der Waals surface area contributed by atoms with Crippen molar-refractivity contribution >= 4 is 39.1 Å². The van der Waals surface area contributed by atoms with E-state index in [1.165, 1.54) is 4.90 Å². The first-order valence-corrected chi connectivity index (χ1v) is 13.4. The molecular formula is C25H34ClN3O4S. The maximum Gasteiger partial charge on any atom is 0.244 e. The van der Waals surface area contributed by atoms with Crippen molar-refractivity contribution < 1.29 is 18.0 Å². The van der Waals surface area contributed by atoms with Crippen molar-refractivity contribution in [1.29, 1.82) is 0 Å². The molecule has 2 amide bonds. The molecule has 0 aliphatic carbocycles. The van der Waals surface area contributed by atoms with E-state index in [9.17, 15) is 18.0 Å². The first-order chi connectivity index (χ1) is 15.8. The van der Waals surface area contributed by atoms with E-state index < -0.39 is 28.5 Å². The smallest absolute Gasteiger partial charge is 0.244 e. The number of carbonyl (C=O) groups excluding carboxylic acids is 2. The fraction of sp³-hybridized carbons (Fsp3) is 0.440. The number of rotatable bonds is 10. The van der Waals surface area contributed by atoms with Crippen LogP contribution in [0.4, 0.5) is 5.69 Å². The van der Waals surface area contributed by atoms with Gasteiger partial charge < -0.3 is 10.2 Å². The Bertz CT molecular complexity index is 1120. The maximum absolute atomic E-state index is 13.6. The van der Waals surface area contributed by atoms with Crippen LogP contribution in [0.3, 0.4) is 0 Å². The minimum absolute atomic E-state index is 0.100. The van der Waals surface area contributed by atoms with Gasteiger partial charge >= 0.3 is 0 Å². The van der Waals surface area contributed by atoms with Crippen molar-refractivity contribution in [2.24, 2.45) is 0 Å². The maximum atomic E-state index is 13.6. The molecule has 0 bridgehead atoms. The predicted octanol–water partition coefficient (Wildman–Crippen LogP) is 4.05. The van der Waals surface area contributed by atoms with Gasteiger partial charge in [0.1, 0.15) is 12.6 Å². The van der Waals surface area contributed by atoms with Crippen LogP contribution in [0.1, 0.15) is 43.9 Å². The summed E-state index contributed by atoms with van der Waals surface area (Å²) >= 11 is 6.00. The van der Waals surface area contributed by atoms with E-state index in [1.54, 1.807) is 37.3 Å². The molecule has 2 aromatic rings. The average molecular weight is 508 g/mol. The van der Waals surface area contributed by atoms with E-state index >= 15 is 0 Å². The third-order valence-electron chi connectivity index (χ3n) is 5.40. The van der Waals surface area contributed by atoms with Crippen LogP contribution in [-0.4, -0.2) is 50.0 Å². The van der Waals surface area contributed by atoms with Gasteiger partial charge in [-0.15, -0.1) is 0 Å². The molecule has 0 saturated carbocycles. The molecule has 1 N–H and O–H groups in total. The summed E-state index contributed by atoms with van der Waals surface area (Å²) in [5.74, 6) is -0.746. The lowest BCUT2D eigenvalue weighted by Crippen LogP contribution is -2.53. The topological polar surface area (TPSA) is 86.8 Å². The number of hydrogen-bond acceptors (Lipinski definition) is 4. The summed E-state index contributed by atoms with van der Waals surface area (Å²) in [4.78, 5) is 28.1. The van der Waals surface area contributed by atoms with Crippen LogP contribution >= 0.6 is 11.6 Å². The van der Waals surface area contributed by atoms with Gasteiger partial charge in [0.2, 0.25) is 21.8 Å².